The summed E-state index contributed by atoms with van der Waals surface area (Å²) in [5, 5.41) is 11.5. The molecule has 0 aromatic heterocycles. The van der Waals surface area contributed by atoms with E-state index in [0.29, 0.717) is 9.26 Å². The molecule has 0 heterocycles. The van der Waals surface area contributed by atoms with Crippen molar-refractivity contribution in [3.05, 3.63) is 27.3 Å². The highest BCUT2D eigenvalue weighted by atomic mass is 127. The van der Waals surface area contributed by atoms with E-state index in [1.807, 2.05) is 22.6 Å². The van der Waals surface area contributed by atoms with Crippen LogP contribution in [0.5, 0.6) is 0 Å². The van der Waals surface area contributed by atoms with Gasteiger partial charge in [0.25, 0.3) is 0 Å². The van der Waals surface area contributed by atoms with Crippen molar-refractivity contribution in [1.82, 2.24) is 0 Å². The van der Waals surface area contributed by atoms with Crippen molar-refractivity contribution in [2.75, 3.05) is 5.32 Å². The van der Waals surface area contributed by atoms with Crippen LogP contribution in [0.1, 0.15) is 31.1 Å². The summed E-state index contributed by atoms with van der Waals surface area (Å²) in [6.45, 7) is 5.26. The zero-order valence-corrected chi connectivity index (χ0v) is 12.4. The fourth-order valence-electron chi connectivity index (χ4n) is 1.19. The van der Waals surface area contributed by atoms with Crippen LogP contribution in [-0.4, -0.2) is 22.8 Å². The predicted molar refractivity (Wildman–Crippen MR) is 76.0 cm³/mol. The quantitative estimate of drug-likeness (QED) is 0.791. The molecule has 0 atom stereocenters. The lowest BCUT2D eigenvalue weighted by atomic mass is 10.2. The summed E-state index contributed by atoms with van der Waals surface area (Å²) in [5.74, 6) is -1.03. The minimum Gasteiger partial charge on any atom is -0.478 e. The van der Waals surface area contributed by atoms with E-state index in [4.69, 9.17) is 9.84 Å². The summed E-state index contributed by atoms with van der Waals surface area (Å²) >= 11 is 1.92. The summed E-state index contributed by atoms with van der Waals surface area (Å²) in [5.41, 5.74) is -0.0608. The number of carboxylic acid groups (broad SMARTS) is 1. The zero-order chi connectivity index (χ0) is 13.9. The van der Waals surface area contributed by atoms with Crippen LogP contribution in [0.25, 0.3) is 0 Å². The molecule has 18 heavy (non-hydrogen) atoms. The van der Waals surface area contributed by atoms with Gasteiger partial charge in [-0.3, -0.25) is 5.32 Å². The van der Waals surface area contributed by atoms with E-state index in [1.165, 1.54) is 6.07 Å². The molecular formula is C12H14INO4. The Morgan fingerprint density at radius 2 is 1.94 bits per heavy atom. The van der Waals surface area contributed by atoms with E-state index in [2.05, 4.69) is 5.32 Å². The molecule has 0 radical (unpaired) electrons. The van der Waals surface area contributed by atoms with E-state index in [-0.39, 0.29) is 5.56 Å². The molecule has 0 aliphatic heterocycles. The van der Waals surface area contributed by atoms with Gasteiger partial charge in [0.15, 0.2) is 0 Å². The third kappa shape index (κ3) is 4.52. The molecule has 98 valence electrons. The van der Waals surface area contributed by atoms with Crippen molar-refractivity contribution in [2.45, 2.75) is 26.4 Å². The van der Waals surface area contributed by atoms with Crippen molar-refractivity contribution < 1.29 is 19.4 Å². The number of anilines is 1. The number of nitrogens with one attached hydrogen (secondary N) is 1. The number of hydrogen-bond donors (Lipinski definition) is 2. The first-order chi connectivity index (χ1) is 8.19. The van der Waals surface area contributed by atoms with Gasteiger partial charge >= 0.3 is 12.1 Å². The molecule has 0 unspecified atom stereocenters. The summed E-state index contributed by atoms with van der Waals surface area (Å²) < 4.78 is 5.68. The summed E-state index contributed by atoms with van der Waals surface area (Å²) in [7, 11) is 0. The Balaban J connectivity index is 2.83. The van der Waals surface area contributed by atoms with Gasteiger partial charge in [-0.1, -0.05) is 0 Å². The van der Waals surface area contributed by atoms with Gasteiger partial charge in [0.2, 0.25) is 0 Å². The minimum absolute atomic E-state index is 0.143. The monoisotopic (exact) mass is 363 g/mol. The van der Waals surface area contributed by atoms with Gasteiger partial charge in [0.05, 0.1) is 5.56 Å². The van der Waals surface area contributed by atoms with Crippen LogP contribution in [0.2, 0.25) is 0 Å². The molecule has 2 N–H and O–H groups in total. The second-order valence-corrected chi connectivity index (χ2v) is 5.79. The maximum Gasteiger partial charge on any atom is 0.412 e. The van der Waals surface area contributed by atoms with Crippen molar-refractivity contribution in [1.29, 1.82) is 0 Å². The number of carboxylic acids is 1. The van der Waals surface area contributed by atoms with Crippen LogP contribution in [0.4, 0.5) is 10.5 Å². The molecule has 6 heteroatoms. The lowest BCUT2D eigenvalue weighted by molar-refractivity contribution is 0.0632. The van der Waals surface area contributed by atoms with E-state index >= 15 is 0 Å². The van der Waals surface area contributed by atoms with E-state index < -0.39 is 17.7 Å². The molecule has 0 saturated heterocycles. The van der Waals surface area contributed by atoms with Gasteiger partial charge in [-0.25, -0.2) is 9.59 Å². The Kier molecular flexibility index (Phi) is 4.55. The largest absolute Gasteiger partial charge is 0.478 e. The normalized spacial score (nSPS) is 10.9. The third-order valence-electron chi connectivity index (χ3n) is 1.84. The molecule has 1 aromatic rings. The average molecular weight is 363 g/mol. The van der Waals surface area contributed by atoms with Crippen LogP contribution in [-0.2, 0) is 4.74 Å². The molecule has 0 aliphatic rings. The van der Waals surface area contributed by atoms with Gasteiger partial charge in [0, 0.05) is 9.26 Å². The number of carbonyl (C=O) groups excluding carboxylic acids is 1. The zero-order valence-electron chi connectivity index (χ0n) is 10.3. The van der Waals surface area contributed by atoms with Crippen LogP contribution in [0.3, 0.4) is 0 Å². The van der Waals surface area contributed by atoms with Crippen LogP contribution in [0.15, 0.2) is 18.2 Å². The predicted octanol–water partition coefficient (Wildman–Crippen LogP) is 3.34. The Hall–Kier alpha value is -1.31. The van der Waals surface area contributed by atoms with Gasteiger partial charge in [-0.05, 0) is 61.6 Å². The third-order valence-corrected chi connectivity index (χ3v) is 2.78. The number of ether oxygens (including phenoxy) is 1. The summed E-state index contributed by atoms with van der Waals surface area (Å²) in [4.78, 5) is 22.5. The van der Waals surface area contributed by atoms with Crippen LogP contribution in [0, 0.1) is 3.57 Å². The molecule has 5 nitrogen and oxygen atoms in total. The maximum absolute atomic E-state index is 11.5. The molecule has 1 rings (SSSR count). The minimum atomic E-state index is -1.03. The van der Waals surface area contributed by atoms with E-state index in [9.17, 15) is 9.59 Å². The summed E-state index contributed by atoms with van der Waals surface area (Å²) in [6, 6.07) is 4.64. The Morgan fingerprint density at radius 1 is 1.33 bits per heavy atom. The molecule has 1 amide bonds. The second kappa shape index (κ2) is 5.55. The van der Waals surface area contributed by atoms with Gasteiger partial charge in [-0.15, -0.1) is 0 Å². The van der Waals surface area contributed by atoms with Crippen molar-refractivity contribution >= 4 is 40.3 Å². The first kappa shape index (κ1) is 14.7. The number of aromatic carboxylic acids is 1. The average Bonchev–Trinajstić information content (AvgIpc) is 2.17. The van der Waals surface area contributed by atoms with Gasteiger partial charge in [-0.2, -0.15) is 0 Å². The second-order valence-electron chi connectivity index (χ2n) is 4.63. The topological polar surface area (TPSA) is 75.6 Å². The molecule has 0 spiro atoms. The molecule has 0 bridgehead atoms. The van der Waals surface area contributed by atoms with Gasteiger partial charge in [0.1, 0.15) is 5.60 Å². The number of amides is 1. The highest BCUT2D eigenvalue weighted by molar-refractivity contribution is 14.1. The lowest BCUT2D eigenvalue weighted by Gasteiger charge is -2.19. The number of halogens is 1. The highest BCUT2D eigenvalue weighted by Gasteiger charge is 2.17. The van der Waals surface area contributed by atoms with Crippen molar-refractivity contribution in [3.8, 4) is 0 Å². The van der Waals surface area contributed by atoms with E-state index in [1.54, 1.807) is 32.9 Å². The fraction of sp³-hybridized carbons (Fsp3) is 0.333. The number of carbonyl (C=O) groups is 2. The van der Waals surface area contributed by atoms with Crippen LogP contribution < -0.4 is 5.32 Å². The number of benzene rings is 1. The Bertz CT molecular complexity index is 479. The first-order valence-corrected chi connectivity index (χ1v) is 6.30. The molecular weight excluding hydrogens is 349 g/mol. The smallest absolute Gasteiger partial charge is 0.412 e. The molecule has 0 aliphatic carbocycles. The molecule has 1 aromatic carbocycles. The summed E-state index contributed by atoms with van der Waals surface area (Å²) in [6.07, 6.45) is -0.611. The van der Waals surface area contributed by atoms with Gasteiger partial charge < -0.3 is 9.84 Å². The van der Waals surface area contributed by atoms with Crippen molar-refractivity contribution in [3.63, 3.8) is 0 Å². The fourth-order valence-corrected chi connectivity index (χ4v) is 1.75. The van der Waals surface area contributed by atoms with Crippen molar-refractivity contribution in [2.24, 2.45) is 0 Å². The molecule has 0 saturated carbocycles. The standard InChI is InChI=1S/C12H14INO4/c1-12(2,3)18-11(17)14-7-4-5-9(13)8(6-7)10(15)16/h4-6H,1-3H3,(H,14,17)(H,15,16). The Morgan fingerprint density at radius 3 is 2.44 bits per heavy atom. The lowest BCUT2D eigenvalue weighted by Crippen LogP contribution is -2.27. The first-order valence-electron chi connectivity index (χ1n) is 5.22. The SMILES string of the molecule is CC(C)(C)OC(=O)Nc1ccc(I)c(C(=O)O)c1. The Labute approximate surface area is 119 Å². The van der Waals surface area contributed by atoms with E-state index in [0.717, 1.165) is 0 Å². The maximum atomic E-state index is 11.5. The molecule has 0 fully saturated rings. The highest BCUT2D eigenvalue weighted by Crippen LogP contribution is 2.18. The number of hydrogen-bond acceptors (Lipinski definition) is 3. The number of rotatable bonds is 2. The van der Waals surface area contributed by atoms with Crippen LogP contribution >= 0.6 is 22.6 Å².